The Kier molecular flexibility index (Phi) is 3.57. The molecule has 1 aliphatic rings. The van der Waals surface area contributed by atoms with Gasteiger partial charge in [0.1, 0.15) is 11.5 Å². The quantitative estimate of drug-likeness (QED) is 0.723. The summed E-state index contributed by atoms with van der Waals surface area (Å²) >= 11 is 1.84. The zero-order valence-electron chi connectivity index (χ0n) is 12.7. The van der Waals surface area contributed by atoms with Gasteiger partial charge in [0.05, 0.1) is 6.04 Å². The summed E-state index contributed by atoms with van der Waals surface area (Å²) in [5.41, 5.74) is 1.09. The summed E-state index contributed by atoms with van der Waals surface area (Å²) in [5.74, 6) is 3.39. The van der Waals surface area contributed by atoms with Crippen molar-refractivity contribution in [2.45, 2.75) is 13.0 Å². The third-order valence-electron chi connectivity index (χ3n) is 3.93. The number of hydrogen-bond acceptors (Lipinski definition) is 5. The molecule has 4 rings (SSSR count). The van der Waals surface area contributed by atoms with Crippen LogP contribution in [0.2, 0.25) is 0 Å². The summed E-state index contributed by atoms with van der Waals surface area (Å²) in [6.45, 7) is 2.61. The fourth-order valence-electron chi connectivity index (χ4n) is 2.80. The van der Waals surface area contributed by atoms with Gasteiger partial charge in [0.2, 0.25) is 0 Å². The monoisotopic (exact) mass is 328 g/mol. The molecule has 0 aromatic carbocycles. The largest absolute Gasteiger partial charge is 0.464 e. The van der Waals surface area contributed by atoms with E-state index in [1.807, 2.05) is 35.7 Å². The lowest BCUT2D eigenvalue weighted by molar-refractivity contribution is 0.0675. The van der Waals surface area contributed by atoms with Crippen LogP contribution in [0.15, 0.2) is 41.1 Å². The second-order valence-electron chi connectivity index (χ2n) is 5.49. The maximum atomic E-state index is 12.9. The molecule has 0 bridgehead atoms. The molecular formula is C16H16N4O2S. The summed E-state index contributed by atoms with van der Waals surface area (Å²) in [7, 11) is 0. The Hall–Kier alpha value is -2.28. The molecule has 1 saturated heterocycles. The average Bonchev–Trinajstić information content (AvgIpc) is 3.20. The normalized spacial score (nSPS) is 18.5. The highest BCUT2D eigenvalue weighted by Crippen LogP contribution is 2.31. The van der Waals surface area contributed by atoms with E-state index in [0.29, 0.717) is 17.9 Å². The van der Waals surface area contributed by atoms with E-state index in [2.05, 4.69) is 10.1 Å². The fourth-order valence-corrected chi connectivity index (χ4v) is 3.86. The molecule has 3 aromatic heterocycles. The van der Waals surface area contributed by atoms with Crippen molar-refractivity contribution in [2.24, 2.45) is 0 Å². The van der Waals surface area contributed by atoms with E-state index in [0.717, 1.165) is 23.0 Å². The van der Waals surface area contributed by atoms with Crippen molar-refractivity contribution in [3.63, 3.8) is 0 Å². The van der Waals surface area contributed by atoms with Crippen molar-refractivity contribution in [3.05, 3.63) is 53.9 Å². The zero-order chi connectivity index (χ0) is 15.8. The van der Waals surface area contributed by atoms with Crippen LogP contribution in [0.1, 0.15) is 28.1 Å². The van der Waals surface area contributed by atoms with Crippen molar-refractivity contribution in [2.75, 3.05) is 18.1 Å². The maximum absolute atomic E-state index is 12.9. The first kappa shape index (κ1) is 14.3. The number of nitrogens with zero attached hydrogens (tertiary/aromatic N) is 4. The minimum atomic E-state index is -0.0742. The Labute approximate surface area is 137 Å². The SMILES string of the molecule is Cc1ccc(C2CSCCN2C(=O)c2cc3ncccn3n2)o1. The molecule has 0 saturated carbocycles. The first-order valence-corrected chi connectivity index (χ1v) is 8.63. The summed E-state index contributed by atoms with van der Waals surface area (Å²) < 4.78 is 7.38. The van der Waals surface area contributed by atoms with Gasteiger partial charge in [0.15, 0.2) is 11.3 Å². The van der Waals surface area contributed by atoms with Crippen LogP contribution in [-0.4, -0.2) is 43.5 Å². The van der Waals surface area contributed by atoms with Crippen molar-refractivity contribution < 1.29 is 9.21 Å². The number of rotatable bonds is 2. The van der Waals surface area contributed by atoms with Gasteiger partial charge in [-0.05, 0) is 25.1 Å². The molecule has 1 amide bonds. The predicted octanol–water partition coefficient (Wildman–Crippen LogP) is 2.56. The van der Waals surface area contributed by atoms with Crippen molar-refractivity contribution >= 4 is 23.3 Å². The third-order valence-corrected chi connectivity index (χ3v) is 4.96. The molecule has 4 heterocycles. The Morgan fingerprint density at radius 2 is 2.35 bits per heavy atom. The minimum Gasteiger partial charge on any atom is -0.464 e. The van der Waals surface area contributed by atoms with Crippen LogP contribution in [0, 0.1) is 6.92 Å². The van der Waals surface area contributed by atoms with Crippen molar-refractivity contribution in [3.8, 4) is 0 Å². The van der Waals surface area contributed by atoms with E-state index in [1.165, 1.54) is 0 Å². The van der Waals surface area contributed by atoms with Crippen LogP contribution in [0.4, 0.5) is 0 Å². The first-order chi connectivity index (χ1) is 11.2. The molecule has 1 unspecified atom stereocenters. The van der Waals surface area contributed by atoms with Crippen molar-refractivity contribution in [1.82, 2.24) is 19.5 Å². The van der Waals surface area contributed by atoms with Crippen LogP contribution in [0.5, 0.6) is 0 Å². The number of carbonyl (C=O) groups excluding carboxylic acids is 1. The molecule has 118 valence electrons. The summed E-state index contributed by atoms with van der Waals surface area (Å²) in [5, 5.41) is 4.35. The van der Waals surface area contributed by atoms with Gasteiger partial charge in [-0.2, -0.15) is 16.9 Å². The number of amides is 1. The molecule has 0 spiro atoms. The van der Waals surface area contributed by atoms with Gasteiger partial charge in [-0.15, -0.1) is 0 Å². The molecule has 7 heteroatoms. The molecule has 0 radical (unpaired) electrons. The van der Waals surface area contributed by atoms with E-state index in [-0.39, 0.29) is 11.9 Å². The molecule has 3 aromatic rings. The van der Waals surface area contributed by atoms with E-state index >= 15 is 0 Å². The highest BCUT2D eigenvalue weighted by Gasteiger charge is 2.32. The number of aromatic nitrogens is 3. The number of thioether (sulfide) groups is 1. The summed E-state index contributed by atoms with van der Waals surface area (Å²) in [6, 6.07) is 7.37. The Balaban J connectivity index is 1.67. The van der Waals surface area contributed by atoms with Crippen LogP contribution in [0.3, 0.4) is 0 Å². The molecular weight excluding hydrogens is 312 g/mol. The third kappa shape index (κ3) is 2.61. The van der Waals surface area contributed by atoms with E-state index in [4.69, 9.17) is 4.42 Å². The topological polar surface area (TPSA) is 63.6 Å². The van der Waals surface area contributed by atoms with Crippen LogP contribution < -0.4 is 0 Å². The highest BCUT2D eigenvalue weighted by molar-refractivity contribution is 7.99. The lowest BCUT2D eigenvalue weighted by Gasteiger charge is -2.33. The number of furan rings is 1. The van der Waals surface area contributed by atoms with Gasteiger partial charge in [-0.1, -0.05) is 0 Å². The minimum absolute atomic E-state index is 0.0484. The van der Waals surface area contributed by atoms with Gasteiger partial charge < -0.3 is 9.32 Å². The second kappa shape index (κ2) is 5.73. The molecule has 1 atom stereocenters. The number of carbonyl (C=O) groups is 1. The van der Waals surface area contributed by atoms with Crippen LogP contribution in [0.25, 0.3) is 5.65 Å². The van der Waals surface area contributed by atoms with Gasteiger partial charge in [-0.3, -0.25) is 4.79 Å². The average molecular weight is 328 g/mol. The Morgan fingerprint density at radius 1 is 1.43 bits per heavy atom. The fraction of sp³-hybridized carbons (Fsp3) is 0.312. The Bertz CT molecular complexity index is 824. The second-order valence-corrected chi connectivity index (χ2v) is 6.64. The van der Waals surface area contributed by atoms with E-state index in [1.54, 1.807) is 29.0 Å². The van der Waals surface area contributed by atoms with E-state index in [9.17, 15) is 4.79 Å². The summed E-state index contributed by atoms with van der Waals surface area (Å²) in [6.07, 6.45) is 3.48. The van der Waals surface area contributed by atoms with Crippen LogP contribution in [-0.2, 0) is 0 Å². The molecule has 23 heavy (non-hydrogen) atoms. The molecule has 1 fully saturated rings. The molecule has 1 aliphatic heterocycles. The molecule has 0 aliphatic carbocycles. The van der Waals surface area contributed by atoms with Gasteiger partial charge in [0, 0.05) is 36.5 Å². The standard InChI is InChI=1S/C16H16N4O2S/c1-11-3-4-14(22-11)13-10-23-8-7-19(13)16(21)12-9-15-17-5-2-6-20(15)18-12/h2-6,9,13H,7-8,10H2,1H3. The van der Waals surface area contributed by atoms with Gasteiger partial charge in [0.25, 0.3) is 5.91 Å². The van der Waals surface area contributed by atoms with Gasteiger partial charge in [-0.25, -0.2) is 9.50 Å². The predicted molar refractivity (Wildman–Crippen MR) is 87.5 cm³/mol. The highest BCUT2D eigenvalue weighted by atomic mass is 32.2. The first-order valence-electron chi connectivity index (χ1n) is 7.48. The van der Waals surface area contributed by atoms with Gasteiger partial charge >= 0.3 is 0 Å². The van der Waals surface area contributed by atoms with Crippen LogP contribution >= 0.6 is 11.8 Å². The number of fused-ring (bicyclic) bond motifs is 1. The zero-order valence-corrected chi connectivity index (χ0v) is 13.5. The Morgan fingerprint density at radius 3 is 3.13 bits per heavy atom. The molecule has 0 N–H and O–H groups in total. The van der Waals surface area contributed by atoms with Crippen molar-refractivity contribution in [1.29, 1.82) is 0 Å². The maximum Gasteiger partial charge on any atom is 0.275 e. The lowest BCUT2D eigenvalue weighted by atomic mass is 10.2. The number of hydrogen-bond donors (Lipinski definition) is 0. The molecule has 6 nitrogen and oxygen atoms in total. The number of aryl methyl sites for hydroxylation is 1. The lowest BCUT2D eigenvalue weighted by Crippen LogP contribution is -2.40. The van der Waals surface area contributed by atoms with E-state index < -0.39 is 0 Å². The smallest absolute Gasteiger partial charge is 0.275 e. The summed E-state index contributed by atoms with van der Waals surface area (Å²) in [4.78, 5) is 19.0.